The van der Waals surface area contributed by atoms with Gasteiger partial charge in [-0.15, -0.1) is 0 Å². The normalized spacial score (nSPS) is 28.6. The van der Waals surface area contributed by atoms with E-state index in [0.29, 0.717) is 0 Å². The van der Waals surface area contributed by atoms with Crippen LogP contribution >= 0.6 is 0 Å². The average molecular weight is 263 g/mol. The molecule has 1 heterocycles. The predicted molar refractivity (Wildman–Crippen MR) is 77.4 cm³/mol. The number of ether oxygens (including phenoxy) is 1. The summed E-state index contributed by atoms with van der Waals surface area (Å²) >= 11 is 0. The van der Waals surface area contributed by atoms with Crippen LogP contribution in [-0.4, -0.2) is 36.2 Å². The smallest absolute Gasteiger partial charge is 0.120 e. The topological polar surface area (TPSA) is 32.7 Å². The number of hydrogen-bond acceptors (Lipinski definition) is 3. The number of benzene rings is 1. The maximum atomic E-state index is 11.0. The molecule has 1 aromatic rings. The number of likely N-dealkylation sites (tertiary alicyclic amines) is 1. The highest BCUT2D eigenvalue weighted by Gasteiger charge is 2.39. The quantitative estimate of drug-likeness (QED) is 0.910. The van der Waals surface area contributed by atoms with E-state index in [1.54, 1.807) is 0 Å². The number of aliphatic hydroxyl groups is 1. The van der Waals surface area contributed by atoms with E-state index in [1.807, 2.05) is 38.1 Å². The third-order valence-corrected chi connectivity index (χ3v) is 3.98. The van der Waals surface area contributed by atoms with E-state index < -0.39 is 5.60 Å². The van der Waals surface area contributed by atoms with Gasteiger partial charge in [-0.25, -0.2) is 0 Å². The second-order valence-electron chi connectivity index (χ2n) is 6.03. The molecule has 1 aliphatic rings. The van der Waals surface area contributed by atoms with E-state index in [9.17, 15) is 5.11 Å². The molecule has 0 aliphatic carbocycles. The lowest BCUT2D eigenvalue weighted by Gasteiger charge is -2.42. The molecule has 3 nitrogen and oxygen atoms in total. The van der Waals surface area contributed by atoms with Crippen LogP contribution in [-0.2, 0) is 5.60 Å². The van der Waals surface area contributed by atoms with Crippen LogP contribution in [0.25, 0.3) is 0 Å². The van der Waals surface area contributed by atoms with E-state index in [-0.39, 0.29) is 12.0 Å². The Balaban J connectivity index is 2.25. The number of piperidine rings is 1. The summed E-state index contributed by atoms with van der Waals surface area (Å²) in [5.74, 6) is 1.06. The standard InChI is InChI=1S/C16H25NO2/c1-12(2)19-15-7-5-6-14(10-15)16(18)8-9-17(4)11-13(16)3/h5-7,10,12-13,18H,8-9,11H2,1-4H3. The first-order chi connectivity index (χ1) is 8.91. The van der Waals surface area contributed by atoms with Gasteiger partial charge in [-0.2, -0.15) is 0 Å². The van der Waals surface area contributed by atoms with Crippen LogP contribution < -0.4 is 4.74 Å². The lowest BCUT2D eigenvalue weighted by Crippen LogP contribution is -2.47. The van der Waals surface area contributed by atoms with Gasteiger partial charge in [0.2, 0.25) is 0 Å². The van der Waals surface area contributed by atoms with Crippen LogP contribution in [0.5, 0.6) is 5.75 Å². The van der Waals surface area contributed by atoms with Crippen molar-refractivity contribution in [2.75, 3.05) is 20.1 Å². The number of rotatable bonds is 3. The van der Waals surface area contributed by atoms with Gasteiger partial charge < -0.3 is 14.7 Å². The van der Waals surface area contributed by atoms with Crippen LogP contribution in [0.2, 0.25) is 0 Å². The molecule has 2 rings (SSSR count). The van der Waals surface area contributed by atoms with Crippen molar-refractivity contribution in [1.82, 2.24) is 4.90 Å². The minimum atomic E-state index is -0.733. The zero-order chi connectivity index (χ0) is 14.0. The number of nitrogens with zero attached hydrogens (tertiary/aromatic N) is 1. The van der Waals surface area contributed by atoms with Crippen molar-refractivity contribution in [3.63, 3.8) is 0 Å². The molecule has 1 aliphatic heterocycles. The van der Waals surface area contributed by atoms with Crippen molar-refractivity contribution in [2.45, 2.75) is 38.9 Å². The first kappa shape index (κ1) is 14.4. The fraction of sp³-hybridized carbons (Fsp3) is 0.625. The fourth-order valence-corrected chi connectivity index (χ4v) is 2.86. The largest absolute Gasteiger partial charge is 0.491 e. The highest BCUT2D eigenvalue weighted by Crippen LogP contribution is 2.38. The molecular formula is C16H25NO2. The summed E-state index contributed by atoms with van der Waals surface area (Å²) in [6, 6.07) is 7.92. The zero-order valence-electron chi connectivity index (χ0n) is 12.4. The molecule has 0 amide bonds. The summed E-state index contributed by atoms with van der Waals surface area (Å²) in [7, 11) is 2.11. The first-order valence-electron chi connectivity index (χ1n) is 7.10. The van der Waals surface area contributed by atoms with Gasteiger partial charge in [0, 0.05) is 19.0 Å². The molecule has 2 unspecified atom stereocenters. The Kier molecular flexibility index (Phi) is 4.16. The SMILES string of the molecule is CC(C)Oc1cccc(C2(O)CCN(C)CC2C)c1. The van der Waals surface area contributed by atoms with Crippen molar-refractivity contribution in [1.29, 1.82) is 0 Å². The van der Waals surface area contributed by atoms with Gasteiger partial charge in [0.1, 0.15) is 5.75 Å². The van der Waals surface area contributed by atoms with Crippen LogP contribution in [0.15, 0.2) is 24.3 Å². The summed E-state index contributed by atoms with van der Waals surface area (Å²) in [6.45, 7) is 7.99. The zero-order valence-corrected chi connectivity index (χ0v) is 12.4. The van der Waals surface area contributed by atoms with Crippen LogP contribution in [0.1, 0.15) is 32.8 Å². The van der Waals surface area contributed by atoms with Crippen LogP contribution in [0.3, 0.4) is 0 Å². The Labute approximate surface area is 116 Å². The molecule has 3 heteroatoms. The maximum absolute atomic E-state index is 11.0. The van der Waals surface area contributed by atoms with E-state index >= 15 is 0 Å². The van der Waals surface area contributed by atoms with E-state index in [0.717, 1.165) is 30.8 Å². The first-order valence-corrected chi connectivity index (χ1v) is 7.10. The minimum absolute atomic E-state index is 0.153. The van der Waals surface area contributed by atoms with E-state index in [1.165, 1.54) is 0 Å². The highest BCUT2D eigenvalue weighted by atomic mass is 16.5. The van der Waals surface area contributed by atoms with Gasteiger partial charge in [-0.3, -0.25) is 0 Å². The minimum Gasteiger partial charge on any atom is -0.491 e. The predicted octanol–water partition coefficient (Wildman–Crippen LogP) is 2.63. The molecule has 106 valence electrons. The summed E-state index contributed by atoms with van der Waals surface area (Å²) in [4.78, 5) is 2.27. The Bertz CT molecular complexity index is 433. The molecular weight excluding hydrogens is 238 g/mol. The molecule has 2 atom stereocenters. The molecule has 0 spiro atoms. The Morgan fingerprint density at radius 2 is 2.16 bits per heavy atom. The van der Waals surface area contributed by atoms with Gasteiger partial charge in [0.15, 0.2) is 0 Å². The molecule has 0 aromatic heterocycles. The second kappa shape index (κ2) is 5.51. The summed E-state index contributed by atoms with van der Waals surface area (Å²) in [5, 5.41) is 11.0. The monoisotopic (exact) mass is 263 g/mol. The summed E-state index contributed by atoms with van der Waals surface area (Å²) in [5.41, 5.74) is 0.245. The van der Waals surface area contributed by atoms with E-state index in [4.69, 9.17) is 4.74 Å². The summed E-state index contributed by atoms with van der Waals surface area (Å²) < 4.78 is 5.73. The molecule has 0 saturated carbocycles. The van der Waals surface area contributed by atoms with Crippen LogP contribution in [0.4, 0.5) is 0 Å². The lowest BCUT2D eigenvalue weighted by atomic mass is 9.77. The Morgan fingerprint density at radius 3 is 2.79 bits per heavy atom. The average Bonchev–Trinajstić information content (AvgIpc) is 2.34. The molecule has 0 bridgehead atoms. The number of hydrogen-bond donors (Lipinski definition) is 1. The van der Waals surface area contributed by atoms with Gasteiger partial charge >= 0.3 is 0 Å². The third kappa shape index (κ3) is 3.10. The molecule has 1 aromatic carbocycles. The van der Waals surface area contributed by atoms with Crippen molar-refractivity contribution in [2.24, 2.45) is 5.92 Å². The second-order valence-corrected chi connectivity index (χ2v) is 6.03. The maximum Gasteiger partial charge on any atom is 0.120 e. The molecule has 19 heavy (non-hydrogen) atoms. The molecule has 1 fully saturated rings. The van der Waals surface area contributed by atoms with Crippen molar-refractivity contribution >= 4 is 0 Å². The highest BCUT2D eigenvalue weighted by molar-refractivity contribution is 5.33. The Hall–Kier alpha value is -1.06. The van der Waals surface area contributed by atoms with E-state index in [2.05, 4.69) is 18.9 Å². The fourth-order valence-electron chi connectivity index (χ4n) is 2.86. The lowest BCUT2D eigenvalue weighted by molar-refractivity contribution is -0.0661. The van der Waals surface area contributed by atoms with Gasteiger partial charge in [-0.1, -0.05) is 19.1 Å². The van der Waals surface area contributed by atoms with Gasteiger partial charge in [0.25, 0.3) is 0 Å². The molecule has 1 saturated heterocycles. The summed E-state index contributed by atoms with van der Waals surface area (Å²) in [6.07, 6.45) is 0.926. The third-order valence-electron chi connectivity index (χ3n) is 3.98. The molecule has 1 N–H and O–H groups in total. The van der Waals surface area contributed by atoms with Crippen LogP contribution in [0, 0.1) is 5.92 Å². The molecule has 0 radical (unpaired) electrons. The van der Waals surface area contributed by atoms with Gasteiger partial charge in [-0.05, 0) is 45.0 Å². The van der Waals surface area contributed by atoms with Crippen molar-refractivity contribution < 1.29 is 9.84 Å². The Morgan fingerprint density at radius 1 is 1.42 bits per heavy atom. The van der Waals surface area contributed by atoms with Crippen molar-refractivity contribution in [3.8, 4) is 5.75 Å². The van der Waals surface area contributed by atoms with Crippen molar-refractivity contribution in [3.05, 3.63) is 29.8 Å². The van der Waals surface area contributed by atoms with Gasteiger partial charge in [0.05, 0.1) is 11.7 Å².